The zero-order chi connectivity index (χ0) is 14.7. The number of nitrogens with two attached hydrogens (primary N) is 1. The topological polar surface area (TPSA) is 94.4 Å². The smallest absolute Gasteiger partial charge is 0.243 e. The molecule has 2 heterocycles. The van der Waals surface area contributed by atoms with E-state index in [9.17, 15) is 5.11 Å². The van der Waals surface area contributed by atoms with Gasteiger partial charge in [-0.1, -0.05) is 17.3 Å². The van der Waals surface area contributed by atoms with Crippen LogP contribution in [0.3, 0.4) is 0 Å². The van der Waals surface area contributed by atoms with Crippen molar-refractivity contribution in [1.82, 2.24) is 10.1 Å². The van der Waals surface area contributed by atoms with Gasteiger partial charge in [-0.2, -0.15) is 16.7 Å². The minimum atomic E-state index is -0.368. The minimum absolute atomic E-state index is 0.109. The van der Waals surface area contributed by atoms with Crippen molar-refractivity contribution in [2.75, 3.05) is 18.1 Å². The largest absolute Gasteiger partial charge is 0.508 e. The number of rotatable bonds is 4. The fourth-order valence-electron chi connectivity index (χ4n) is 2.14. The fraction of sp³-hybridized carbons (Fsp3) is 0.429. The molecule has 1 aliphatic heterocycles. The Morgan fingerprint density at radius 2 is 2.19 bits per heavy atom. The molecule has 0 amide bonds. The number of aromatic nitrogens is 2. The van der Waals surface area contributed by atoms with E-state index in [1.165, 1.54) is 0 Å². The predicted molar refractivity (Wildman–Crippen MR) is 79.1 cm³/mol. The van der Waals surface area contributed by atoms with E-state index >= 15 is 0 Å². The molecule has 1 aromatic heterocycles. The van der Waals surface area contributed by atoms with Crippen LogP contribution in [0, 0.1) is 0 Å². The van der Waals surface area contributed by atoms with Crippen LogP contribution in [0.1, 0.15) is 29.4 Å². The van der Waals surface area contributed by atoms with Crippen molar-refractivity contribution in [1.29, 1.82) is 0 Å². The van der Waals surface area contributed by atoms with Gasteiger partial charge in [-0.15, -0.1) is 0 Å². The third-order valence-electron chi connectivity index (χ3n) is 3.27. The number of benzene rings is 1. The maximum Gasteiger partial charge on any atom is 0.243 e. The van der Waals surface area contributed by atoms with Crippen molar-refractivity contribution in [2.24, 2.45) is 5.73 Å². The fourth-order valence-corrected chi connectivity index (χ4v) is 2.98. The monoisotopic (exact) mass is 307 g/mol. The van der Waals surface area contributed by atoms with Crippen molar-refractivity contribution in [3.05, 3.63) is 41.5 Å². The molecule has 21 heavy (non-hydrogen) atoms. The second-order valence-electron chi connectivity index (χ2n) is 4.90. The van der Waals surface area contributed by atoms with Gasteiger partial charge in [0.15, 0.2) is 0 Å². The zero-order valence-corrected chi connectivity index (χ0v) is 12.3. The van der Waals surface area contributed by atoms with E-state index in [1.54, 1.807) is 12.1 Å². The average molecular weight is 307 g/mol. The lowest BCUT2D eigenvalue weighted by atomic mass is 10.1. The lowest BCUT2D eigenvalue weighted by Crippen LogP contribution is -2.17. The van der Waals surface area contributed by atoms with Gasteiger partial charge < -0.3 is 20.1 Å². The summed E-state index contributed by atoms with van der Waals surface area (Å²) in [4.78, 5) is 4.36. The minimum Gasteiger partial charge on any atom is -0.508 e. The van der Waals surface area contributed by atoms with E-state index in [0.717, 1.165) is 17.1 Å². The highest BCUT2D eigenvalue weighted by atomic mass is 32.2. The summed E-state index contributed by atoms with van der Waals surface area (Å²) in [6.45, 7) is 0.707. The normalized spacial score (nSPS) is 20.3. The summed E-state index contributed by atoms with van der Waals surface area (Å²) in [6, 6.07) is 6.55. The van der Waals surface area contributed by atoms with Gasteiger partial charge >= 0.3 is 0 Å². The zero-order valence-electron chi connectivity index (χ0n) is 11.4. The van der Waals surface area contributed by atoms with Crippen molar-refractivity contribution < 1.29 is 14.4 Å². The number of phenols is 1. The maximum absolute atomic E-state index is 9.27. The Labute approximate surface area is 126 Å². The highest BCUT2D eigenvalue weighted by Crippen LogP contribution is 2.25. The molecule has 3 N–H and O–H groups in total. The van der Waals surface area contributed by atoms with E-state index in [0.29, 0.717) is 24.7 Å². The maximum atomic E-state index is 9.27. The SMILES string of the molecule is N[C@@H](Cc1ccc(O)cc1)c1nc(C2CSCCO2)no1. The van der Waals surface area contributed by atoms with Gasteiger partial charge in [0.05, 0.1) is 12.6 Å². The van der Waals surface area contributed by atoms with E-state index in [4.69, 9.17) is 15.0 Å². The molecular weight excluding hydrogens is 290 g/mol. The highest BCUT2D eigenvalue weighted by molar-refractivity contribution is 7.99. The molecular formula is C14H17N3O3S. The Morgan fingerprint density at radius 3 is 2.90 bits per heavy atom. The van der Waals surface area contributed by atoms with Gasteiger partial charge in [0.1, 0.15) is 11.9 Å². The second kappa shape index (κ2) is 6.46. The molecule has 6 nitrogen and oxygen atoms in total. The van der Waals surface area contributed by atoms with Gasteiger partial charge in [-0.05, 0) is 24.1 Å². The van der Waals surface area contributed by atoms with Gasteiger partial charge in [-0.25, -0.2) is 0 Å². The van der Waals surface area contributed by atoms with Crippen molar-refractivity contribution in [3.63, 3.8) is 0 Å². The number of hydrogen-bond acceptors (Lipinski definition) is 7. The van der Waals surface area contributed by atoms with Crippen molar-refractivity contribution in [2.45, 2.75) is 18.6 Å². The molecule has 0 aliphatic carbocycles. The first-order valence-electron chi connectivity index (χ1n) is 6.78. The van der Waals surface area contributed by atoms with Gasteiger partial charge in [-0.3, -0.25) is 0 Å². The first-order valence-corrected chi connectivity index (χ1v) is 7.94. The molecule has 1 saturated heterocycles. The molecule has 0 saturated carbocycles. The van der Waals surface area contributed by atoms with E-state index in [-0.39, 0.29) is 17.9 Å². The van der Waals surface area contributed by atoms with Crippen LogP contribution in [0.15, 0.2) is 28.8 Å². The Morgan fingerprint density at radius 1 is 1.38 bits per heavy atom. The molecule has 112 valence electrons. The van der Waals surface area contributed by atoms with Crippen LogP contribution in [0.2, 0.25) is 0 Å². The number of ether oxygens (including phenoxy) is 1. The first-order chi connectivity index (χ1) is 10.2. The summed E-state index contributed by atoms with van der Waals surface area (Å²) in [7, 11) is 0. The van der Waals surface area contributed by atoms with Gasteiger partial charge in [0, 0.05) is 11.5 Å². The molecule has 0 spiro atoms. The Bertz CT molecular complexity index is 581. The third-order valence-corrected chi connectivity index (χ3v) is 4.26. The van der Waals surface area contributed by atoms with E-state index in [1.807, 2.05) is 23.9 Å². The summed E-state index contributed by atoms with van der Waals surface area (Å²) < 4.78 is 10.9. The molecule has 2 atom stereocenters. The number of hydrogen-bond donors (Lipinski definition) is 2. The standard InChI is InChI=1S/C14H17N3O3S/c15-11(7-9-1-3-10(18)4-2-9)14-16-13(17-20-14)12-8-21-6-5-19-12/h1-4,11-12,18H,5-8,15H2/t11-,12?/m0/s1. The molecule has 1 aromatic carbocycles. The van der Waals surface area contributed by atoms with Crippen LogP contribution in [0.25, 0.3) is 0 Å². The predicted octanol–water partition coefficient (Wildman–Crippen LogP) is 1.82. The molecule has 0 bridgehead atoms. The average Bonchev–Trinajstić information content (AvgIpc) is 3.00. The summed E-state index contributed by atoms with van der Waals surface area (Å²) >= 11 is 1.82. The molecule has 0 radical (unpaired) electrons. The van der Waals surface area contributed by atoms with Crippen LogP contribution < -0.4 is 5.73 Å². The van der Waals surface area contributed by atoms with Crippen molar-refractivity contribution >= 4 is 11.8 Å². The molecule has 1 fully saturated rings. The van der Waals surface area contributed by atoms with Gasteiger partial charge in [0.2, 0.25) is 11.7 Å². The second-order valence-corrected chi connectivity index (χ2v) is 6.05. The van der Waals surface area contributed by atoms with Crippen LogP contribution in [0.5, 0.6) is 5.75 Å². The Balaban J connectivity index is 1.65. The van der Waals surface area contributed by atoms with Gasteiger partial charge in [0.25, 0.3) is 0 Å². The number of thioether (sulfide) groups is 1. The van der Waals surface area contributed by atoms with Crippen LogP contribution in [-0.2, 0) is 11.2 Å². The van der Waals surface area contributed by atoms with Crippen LogP contribution in [0.4, 0.5) is 0 Å². The van der Waals surface area contributed by atoms with E-state index in [2.05, 4.69) is 10.1 Å². The highest BCUT2D eigenvalue weighted by Gasteiger charge is 2.24. The molecule has 1 unspecified atom stereocenters. The third kappa shape index (κ3) is 3.55. The number of nitrogens with zero attached hydrogens (tertiary/aromatic N) is 2. The summed E-state index contributed by atoms with van der Waals surface area (Å²) in [5, 5.41) is 13.2. The lowest BCUT2D eigenvalue weighted by Gasteiger charge is -2.18. The summed E-state index contributed by atoms with van der Waals surface area (Å²) in [5.41, 5.74) is 7.11. The quantitative estimate of drug-likeness (QED) is 0.889. The summed E-state index contributed by atoms with van der Waals surface area (Å²) in [5.74, 6) is 3.06. The molecule has 3 rings (SSSR count). The first kappa shape index (κ1) is 14.4. The van der Waals surface area contributed by atoms with Crippen LogP contribution in [-0.4, -0.2) is 33.4 Å². The Kier molecular flexibility index (Phi) is 4.42. The molecule has 2 aromatic rings. The molecule has 7 heteroatoms. The number of phenolic OH excluding ortho intramolecular Hbond substituents is 1. The Hall–Kier alpha value is -1.57. The van der Waals surface area contributed by atoms with Crippen molar-refractivity contribution in [3.8, 4) is 5.75 Å². The lowest BCUT2D eigenvalue weighted by molar-refractivity contribution is 0.0677. The molecule has 1 aliphatic rings. The van der Waals surface area contributed by atoms with Crippen LogP contribution >= 0.6 is 11.8 Å². The number of aromatic hydroxyl groups is 1. The van der Waals surface area contributed by atoms with E-state index < -0.39 is 0 Å². The summed E-state index contributed by atoms with van der Waals surface area (Å²) in [6.07, 6.45) is 0.462.